The van der Waals surface area contributed by atoms with Crippen molar-refractivity contribution in [2.75, 3.05) is 6.54 Å². The first-order valence-electron chi connectivity index (χ1n) is 6.14. The zero-order valence-electron chi connectivity index (χ0n) is 11.3. The molecule has 0 aliphatic carbocycles. The van der Waals surface area contributed by atoms with Gasteiger partial charge in [-0.1, -0.05) is 0 Å². The van der Waals surface area contributed by atoms with Gasteiger partial charge in [0.2, 0.25) is 0 Å². The fourth-order valence-electron chi connectivity index (χ4n) is 1.82. The quantitative estimate of drug-likeness (QED) is 0.839. The molecule has 20 heavy (non-hydrogen) atoms. The molecule has 0 unspecified atom stereocenters. The lowest BCUT2D eigenvalue weighted by atomic mass is 10.4. The average Bonchev–Trinajstić information content (AvgIpc) is 2.98. The molecule has 2 aromatic heterocycles. The van der Waals surface area contributed by atoms with Crippen molar-refractivity contribution in [3.05, 3.63) is 41.7 Å². The van der Waals surface area contributed by atoms with Gasteiger partial charge in [0.1, 0.15) is 5.69 Å². The lowest BCUT2D eigenvalue weighted by molar-refractivity contribution is 0.0690. The number of carbonyl (C=O) groups excluding carboxylic acids is 1. The Morgan fingerprint density at radius 2 is 2.15 bits per heavy atom. The highest BCUT2D eigenvalue weighted by atomic mass is 16.4. The molecular formula is C13H16N4O3. The summed E-state index contributed by atoms with van der Waals surface area (Å²) >= 11 is 0. The third-order valence-electron chi connectivity index (χ3n) is 3.11. The number of rotatable bonds is 5. The first-order chi connectivity index (χ1) is 9.49. The molecule has 0 spiro atoms. The topological polar surface area (TPSA) is 89.2 Å². The Hall–Kier alpha value is -2.57. The highest BCUT2D eigenvalue weighted by molar-refractivity contribution is 5.92. The van der Waals surface area contributed by atoms with E-state index in [-0.39, 0.29) is 11.6 Å². The zero-order valence-corrected chi connectivity index (χ0v) is 11.3. The van der Waals surface area contributed by atoms with Crippen LogP contribution in [0.5, 0.6) is 0 Å². The van der Waals surface area contributed by atoms with Crippen molar-refractivity contribution in [3.8, 4) is 0 Å². The van der Waals surface area contributed by atoms with E-state index in [0.29, 0.717) is 18.8 Å². The van der Waals surface area contributed by atoms with E-state index < -0.39 is 5.97 Å². The van der Waals surface area contributed by atoms with Crippen LogP contribution in [0.25, 0.3) is 0 Å². The van der Waals surface area contributed by atoms with Gasteiger partial charge in [-0.05, 0) is 19.1 Å². The van der Waals surface area contributed by atoms with Gasteiger partial charge in [-0.15, -0.1) is 0 Å². The van der Waals surface area contributed by atoms with Crippen LogP contribution in [-0.4, -0.2) is 37.6 Å². The third kappa shape index (κ3) is 2.87. The van der Waals surface area contributed by atoms with E-state index in [1.807, 2.05) is 24.6 Å². The molecule has 0 aromatic carbocycles. The number of aromatic nitrogens is 3. The normalized spacial score (nSPS) is 10.5. The Morgan fingerprint density at radius 3 is 2.70 bits per heavy atom. The van der Waals surface area contributed by atoms with Crippen LogP contribution in [-0.2, 0) is 13.6 Å². The minimum atomic E-state index is -1.06. The second kappa shape index (κ2) is 5.60. The van der Waals surface area contributed by atoms with Crippen LogP contribution in [0.1, 0.15) is 26.7 Å². The van der Waals surface area contributed by atoms with Gasteiger partial charge in [0.25, 0.3) is 5.91 Å². The highest BCUT2D eigenvalue weighted by Crippen LogP contribution is 2.05. The number of nitrogens with zero attached hydrogens (tertiary/aromatic N) is 3. The summed E-state index contributed by atoms with van der Waals surface area (Å²) in [6.45, 7) is 2.80. The number of hydrogen-bond acceptors (Lipinski definition) is 3. The molecule has 2 aromatic rings. The standard InChI is InChI=1S/C13H16N4O3/c1-9-3-4-11(16(9)2)12(18)14-5-6-17-7-10(13(19)20)15-8-17/h3-4,7-8H,5-6H2,1-2H3,(H,14,18)(H,19,20). The number of nitrogens with one attached hydrogen (secondary N) is 1. The molecule has 0 radical (unpaired) electrons. The van der Waals surface area contributed by atoms with Crippen molar-refractivity contribution < 1.29 is 14.7 Å². The van der Waals surface area contributed by atoms with Crippen LogP contribution >= 0.6 is 0 Å². The Kier molecular flexibility index (Phi) is 3.88. The maximum absolute atomic E-state index is 11.9. The van der Waals surface area contributed by atoms with Crippen LogP contribution in [0.2, 0.25) is 0 Å². The summed E-state index contributed by atoms with van der Waals surface area (Å²) < 4.78 is 3.44. The molecule has 106 valence electrons. The van der Waals surface area contributed by atoms with Gasteiger partial charge < -0.3 is 19.6 Å². The third-order valence-corrected chi connectivity index (χ3v) is 3.11. The van der Waals surface area contributed by atoms with Crippen LogP contribution in [0, 0.1) is 6.92 Å². The van der Waals surface area contributed by atoms with E-state index in [2.05, 4.69) is 10.3 Å². The van der Waals surface area contributed by atoms with E-state index in [1.165, 1.54) is 12.5 Å². The Labute approximate surface area is 115 Å². The molecular weight excluding hydrogens is 260 g/mol. The second-order valence-corrected chi connectivity index (χ2v) is 4.48. The number of amides is 1. The van der Waals surface area contributed by atoms with Crippen LogP contribution in [0.15, 0.2) is 24.7 Å². The molecule has 2 heterocycles. The van der Waals surface area contributed by atoms with Gasteiger partial charge >= 0.3 is 5.97 Å². The SMILES string of the molecule is Cc1ccc(C(=O)NCCn2cnc(C(=O)O)c2)n1C. The molecule has 0 saturated heterocycles. The van der Waals surface area contributed by atoms with E-state index in [4.69, 9.17) is 5.11 Å². The summed E-state index contributed by atoms with van der Waals surface area (Å²) in [6, 6.07) is 3.65. The minimum Gasteiger partial charge on any atom is -0.476 e. The minimum absolute atomic E-state index is 0.00520. The molecule has 1 amide bonds. The van der Waals surface area contributed by atoms with Crippen molar-refractivity contribution in [2.24, 2.45) is 7.05 Å². The molecule has 0 fully saturated rings. The fraction of sp³-hybridized carbons (Fsp3) is 0.308. The van der Waals surface area contributed by atoms with Gasteiger partial charge in [0.15, 0.2) is 5.69 Å². The largest absolute Gasteiger partial charge is 0.476 e. The summed E-state index contributed by atoms with van der Waals surface area (Å²) in [7, 11) is 1.83. The van der Waals surface area contributed by atoms with Gasteiger partial charge in [0.05, 0.1) is 6.33 Å². The number of aromatic carboxylic acids is 1. The number of carboxylic acids is 1. The van der Waals surface area contributed by atoms with E-state index in [1.54, 1.807) is 10.6 Å². The average molecular weight is 276 g/mol. The molecule has 0 saturated carbocycles. The number of hydrogen-bond donors (Lipinski definition) is 2. The first kappa shape index (κ1) is 13.9. The predicted molar refractivity (Wildman–Crippen MR) is 71.7 cm³/mol. The molecule has 2 rings (SSSR count). The van der Waals surface area contributed by atoms with Crippen molar-refractivity contribution in [3.63, 3.8) is 0 Å². The Morgan fingerprint density at radius 1 is 1.40 bits per heavy atom. The molecule has 0 bridgehead atoms. The van der Waals surface area contributed by atoms with Gasteiger partial charge in [-0.2, -0.15) is 0 Å². The van der Waals surface area contributed by atoms with E-state index >= 15 is 0 Å². The van der Waals surface area contributed by atoms with E-state index in [9.17, 15) is 9.59 Å². The van der Waals surface area contributed by atoms with Crippen molar-refractivity contribution in [1.29, 1.82) is 0 Å². The number of carboxylic acid groups (broad SMARTS) is 1. The fourth-order valence-corrected chi connectivity index (χ4v) is 1.82. The van der Waals surface area contributed by atoms with Gasteiger partial charge in [-0.3, -0.25) is 4.79 Å². The molecule has 0 atom stereocenters. The lowest BCUT2D eigenvalue weighted by Crippen LogP contribution is -2.28. The molecule has 7 nitrogen and oxygen atoms in total. The second-order valence-electron chi connectivity index (χ2n) is 4.48. The molecule has 0 aliphatic rings. The van der Waals surface area contributed by atoms with Crippen molar-refractivity contribution in [2.45, 2.75) is 13.5 Å². The summed E-state index contributed by atoms with van der Waals surface area (Å²) in [5.41, 5.74) is 1.60. The summed E-state index contributed by atoms with van der Waals surface area (Å²) in [6.07, 6.45) is 2.86. The molecule has 7 heteroatoms. The van der Waals surface area contributed by atoms with Gasteiger partial charge in [-0.25, -0.2) is 9.78 Å². The lowest BCUT2D eigenvalue weighted by Gasteiger charge is -2.07. The zero-order chi connectivity index (χ0) is 14.7. The first-order valence-corrected chi connectivity index (χ1v) is 6.14. The maximum atomic E-state index is 11.9. The summed E-state index contributed by atoms with van der Waals surface area (Å²) in [4.78, 5) is 26.3. The van der Waals surface area contributed by atoms with Crippen molar-refractivity contribution >= 4 is 11.9 Å². The van der Waals surface area contributed by atoms with Crippen LogP contribution in [0.4, 0.5) is 0 Å². The number of carbonyl (C=O) groups is 2. The molecule has 0 aliphatic heterocycles. The highest BCUT2D eigenvalue weighted by Gasteiger charge is 2.10. The number of aryl methyl sites for hydroxylation is 1. The van der Waals surface area contributed by atoms with E-state index in [0.717, 1.165) is 5.69 Å². The Balaban J connectivity index is 1.88. The summed E-state index contributed by atoms with van der Waals surface area (Å²) in [5.74, 6) is -1.22. The maximum Gasteiger partial charge on any atom is 0.356 e. The Bertz CT molecular complexity index is 642. The van der Waals surface area contributed by atoms with Gasteiger partial charge in [0, 0.05) is 32.0 Å². The molecule has 2 N–H and O–H groups in total. The summed E-state index contributed by atoms with van der Waals surface area (Å²) in [5, 5.41) is 11.5. The van der Waals surface area contributed by atoms with Crippen LogP contribution in [0.3, 0.4) is 0 Å². The smallest absolute Gasteiger partial charge is 0.356 e. The monoisotopic (exact) mass is 276 g/mol. The van der Waals surface area contributed by atoms with Crippen molar-refractivity contribution in [1.82, 2.24) is 19.4 Å². The van der Waals surface area contributed by atoms with Crippen LogP contribution < -0.4 is 5.32 Å². The number of imidazole rings is 1. The predicted octanol–water partition coefficient (Wildman–Crippen LogP) is 0.658.